The van der Waals surface area contributed by atoms with Crippen molar-refractivity contribution >= 4 is 28.3 Å². The number of nitrogens with two attached hydrogens (primary N) is 1. The summed E-state index contributed by atoms with van der Waals surface area (Å²) in [5, 5.41) is 12.2. The molecule has 0 aliphatic carbocycles. The number of carbonyl (C=O) groups is 1. The summed E-state index contributed by atoms with van der Waals surface area (Å²) in [6.07, 6.45) is 0.750. The smallest absolute Gasteiger partial charge is 0.344 e. The zero-order valence-electron chi connectivity index (χ0n) is 10.8. The summed E-state index contributed by atoms with van der Waals surface area (Å²) in [5.41, 5.74) is 5.94. The lowest BCUT2D eigenvalue weighted by molar-refractivity contribution is 0.0529. The number of aromatic nitrogens is 1. The van der Waals surface area contributed by atoms with Crippen molar-refractivity contribution in [3.05, 3.63) is 5.56 Å². The van der Waals surface area contributed by atoms with E-state index in [0.717, 1.165) is 18.0 Å². The van der Waals surface area contributed by atoms with E-state index in [1.54, 1.807) is 6.92 Å². The molecule has 0 saturated heterocycles. The highest BCUT2D eigenvalue weighted by atomic mass is 32.1. The van der Waals surface area contributed by atoms with Crippen molar-refractivity contribution in [1.82, 2.24) is 4.37 Å². The van der Waals surface area contributed by atoms with Crippen LogP contribution in [0.25, 0.3) is 0 Å². The summed E-state index contributed by atoms with van der Waals surface area (Å²) < 4.78 is 14.0. The standard InChI is InChI=1S/C11H19N3O4S/c1-2-18-11(16)8-9(12)14-19-10(8)13-4-3-6-17-7-5-15/h13,15H,2-7H2,1H3,(H2,12,14). The first-order chi connectivity index (χ1) is 9.20. The Labute approximate surface area is 115 Å². The Morgan fingerprint density at radius 1 is 1.53 bits per heavy atom. The predicted octanol–water partition coefficient (Wildman–Crippen LogP) is 0.713. The van der Waals surface area contributed by atoms with Gasteiger partial charge in [-0.3, -0.25) is 0 Å². The van der Waals surface area contributed by atoms with Crippen LogP contribution >= 0.6 is 11.5 Å². The first-order valence-corrected chi connectivity index (χ1v) is 6.82. The number of hydrogen-bond donors (Lipinski definition) is 3. The molecular formula is C11H19N3O4S. The highest BCUT2D eigenvalue weighted by Crippen LogP contribution is 2.27. The second-order valence-corrected chi connectivity index (χ2v) is 4.38. The first kappa shape index (κ1) is 15.7. The number of nitrogens with one attached hydrogen (secondary N) is 1. The van der Waals surface area contributed by atoms with Crippen LogP contribution in [-0.2, 0) is 9.47 Å². The molecule has 0 atom stereocenters. The number of carbonyl (C=O) groups excluding carboxylic acids is 1. The van der Waals surface area contributed by atoms with Crippen molar-refractivity contribution in [1.29, 1.82) is 0 Å². The minimum absolute atomic E-state index is 0.0197. The Morgan fingerprint density at radius 3 is 3.00 bits per heavy atom. The maximum atomic E-state index is 11.7. The fourth-order valence-corrected chi connectivity index (χ4v) is 2.09. The van der Waals surface area contributed by atoms with Crippen LogP contribution in [0.2, 0.25) is 0 Å². The van der Waals surface area contributed by atoms with Crippen molar-refractivity contribution in [3.63, 3.8) is 0 Å². The molecule has 0 saturated carbocycles. The zero-order valence-corrected chi connectivity index (χ0v) is 11.7. The van der Waals surface area contributed by atoms with E-state index in [2.05, 4.69) is 9.69 Å². The molecule has 1 heterocycles. The minimum Gasteiger partial charge on any atom is -0.462 e. The normalized spacial score (nSPS) is 10.4. The third-order valence-corrected chi connectivity index (χ3v) is 3.00. The van der Waals surface area contributed by atoms with E-state index in [0.29, 0.717) is 36.9 Å². The molecule has 8 heteroatoms. The molecule has 0 amide bonds. The average Bonchev–Trinajstić information content (AvgIpc) is 2.75. The van der Waals surface area contributed by atoms with E-state index >= 15 is 0 Å². The monoisotopic (exact) mass is 289 g/mol. The number of hydrogen-bond acceptors (Lipinski definition) is 8. The van der Waals surface area contributed by atoms with Crippen molar-refractivity contribution in [2.75, 3.05) is 44.0 Å². The Hall–Kier alpha value is -1.38. The average molecular weight is 289 g/mol. The molecule has 0 aliphatic rings. The van der Waals surface area contributed by atoms with Crippen LogP contribution in [0, 0.1) is 0 Å². The van der Waals surface area contributed by atoms with Crippen LogP contribution in [-0.4, -0.2) is 48.4 Å². The molecule has 7 nitrogen and oxygen atoms in total. The molecule has 4 N–H and O–H groups in total. The molecule has 0 aliphatic heterocycles. The van der Waals surface area contributed by atoms with Gasteiger partial charge in [-0.05, 0) is 24.9 Å². The number of anilines is 2. The molecule has 1 rings (SSSR count). The van der Waals surface area contributed by atoms with Gasteiger partial charge >= 0.3 is 5.97 Å². The van der Waals surface area contributed by atoms with Crippen LogP contribution in [0.3, 0.4) is 0 Å². The Kier molecular flexibility index (Phi) is 7.16. The van der Waals surface area contributed by atoms with Crippen molar-refractivity contribution in [2.24, 2.45) is 0 Å². The van der Waals surface area contributed by atoms with Gasteiger partial charge in [-0.25, -0.2) is 4.79 Å². The summed E-state index contributed by atoms with van der Waals surface area (Å²) in [6.45, 7) is 3.55. The van der Waals surface area contributed by atoms with Gasteiger partial charge in [0.15, 0.2) is 5.82 Å². The Balaban J connectivity index is 2.43. The number of rotatable bonds is 9. The van der Waals surface area contributed by atoms with E-state index in [9.17, 15) is 4.79 Å². The van der Waals surface area contributed by atoms with Gasteiger partial charge < -0.3 is 25.6 Å². The van der Waals surface area contributed by atoms with Crippen LogP contribution < -0.4 is 11.1 Å². The highest BCUT2D eigenvalue weighted by molar-refractivity contribution is 7.11. The van der Waals surface area contributed by atoms with Gasteiger partial charge in [0.2, 0.25) is 0 Å². The zero-order chi connectivity index (χ0) is 14.1. The summed E-state index contributed by atoms with van der Waals surface area (Å²) in [6, 6.07) is 0. The third kappa shape index (κ3) is 5.01. The summed E-state index contributed by atoms with van der Waals surface area (Å²) in [4.78, 5) is 11.7. The third-order valence-electron chi connectivity index (χ3n) is 2.18. The van der Waals surface area contributed by atoms with Gasteiger partial charge in [0.25, 0.3) is 0 Å². The van der Waals surface area contributed by atoms with E-state index < -0.39 is 5.97 Å². The molecule has 1 aromatic heterocycles. The second-order valence-electron chi connectivity index (χ2n) is 3.61. The highest BCUT2D eigenvalue weighted by Gasteiger charge is 2.19. The summed E-state index contributed by atoms with van der Waals surface area (Å²) in [5.74, 6) is -0.282. The van der Waals surface area contributed by atoms with Gasteiger partial charge in [0.05, 0.1) is 19.8 Å². The Morgan fingerprint density at radius 2 is 2.32 bits per heavy atom. The van der Waals surface area contributed by atoms with E-state index in [1.165, 1.54) is 0 Å². The van der Waals surface area contributed by atoms with Gasteiger partial charge in [-0.1, -0.05) is 0 Å². The van der Waals surface area contributed by atoms with Crippen LogP contribution in [0.15, 0.2) is 0 Å². The molecule has 0 radical (unpaired) electrons. The maximum absolute atomic E-state index is 11.7. The summed E-state index contributed by atoms with van der Waals surface area (Å²) in [7, 11) is 0. The van der Waals surface area contributed by atoms with Crippen LogP contribution in [0.4, 0.5) is 10.8 Å². The molecular weight excluding hydrogens is 270 g/mol. The fraction of sp³-hybridized carbons (Fsp3) is 0.636. The molecule has 19 heavy (non-hydrogen) atoms. The second kappa shape index (κ2) is 8.68. The minimum atomic E-state index is -0.465. The van der Waals surface area contributed by atoms with Crippen LogP contribution in [0.5, 0.6) is 0 Å². The van der Waals surface area contributed by atoms with E-state index in [4.69, 9.17) is 20.3 Å². The lowest BCUT2D eigenvalue weighted by Crippen LogP contribution is -2.12. The van der Waals surface area contributed by atoms with Crippen molar-refractivity contribution in [3.8, 4) is 0 Å². The van der Waals surface area contributed by atoms with E-state index in [-0.39, 0.29) is 12.4 Å². The van der Waals surface area contributed by atoms with Crippen molar-refractivity contribution < 1.29 is 19.4 Å². The fourth-order valence-electron chi connectivity index (χ4n) is 1.37. The number of ether oxygens (including phenoxy) is 2. The maximum Gasteiger partial charge on any atom is 0.344 e. The molecule has 0 spiro atoms. The van der Waals surface area contributed by atoms with Crippen LogP contribution in [0.1, 0.15) is 23.7 Å². The molecule has 108 valence electrons. The van der Waals surface area contributed by atoms with Crippen molar-refractivity contribution in [2.45, 2.75) is 13.3 Å². The van der Waals surface area contributed by atoms with Gasteiger partial charge in [0.1, 0.15) is 10.6 Å². The van der Waals surface area contributed by atoms with Gasteiger partial charge in [-0.2, -0.15) is 4.37 Å². The molecule has 0 aromatic carbocycles. The molecule has 0 unspecified atom stereocenters. The lowest BCUT2D eigenvalue weighted by Gasteiger charge is -2.07. The summed E-state index contributed by atoms with van der Waals surface area (Å²) >= 11 is 1.13. The van der Waals surface area contributed by atoms with Gasteiger partial charge in [-0.15, -0.1) is 0 Å². The SMILES string of the molecule is CCOC(=O)c1c(N)nsc1NCCCOCCO. The predicted molar refractivity (Wildman–Crippen MR) is 73.5 cm³/mol. The van der Waals surface area contributed by atoms with Gasteiger partial charge in [0, 0.05) is 13.2 Å². The van der Waals surface area contributed by atoms with E-state index in [1.807, 2.05) is 0 Å². The molecule has 1 aromatic rings. The quantitative estimate of drug-likeness (QED) is 0.454. The lowest BCUT2D eigenvalue weighted by atomic mass is 10.3. The molecule has 0 bridgehead atoms. The first-order valence-electron chi connectivity index (χ1n) is 6.05. The number of nitrogen functional groups attached to an aromatic ring is 1. The molecule has 0 fully saturated rings. The number of aliphatic hydroxyl groups is 1. The number of nitrogens with zero attached hydrogens (tertiary/aromatic N) is 1. The topological polar surface area (TPSA) is 107 Å². The number of esters is 1. The Bertz CT molecular complexity index is 397. The largest absolute Gasteiger partial charge is 0.462 e. The number of aliphatic hydroxyl groups excluding tert-OH is 1.